The molecular weight excluding hydrogens is 374 g/mol. The highest BCUT2D eigenvalue weighted by Crippen LogP contribution is 2.36. The largest absolute Gasteiger partial charge is 0.348 e. The van der Waals surface area contributed by atoms with E-state index in [1.165, 1.54) is 5.56 Å². The Morgan fingerprint density at radius 1 is 1.10 bits per heavy atom. The van der Waals surface area contributed by atoms with Gasteiger partial charge in [-0.05, 0) is 71.5 Å². The van der Waals surface area contributed by atoms with Gasteiger partial charge in [-0.15, -0.1) is 0 Å². The second kappa shape index (κ2) is 8.49. The van der Waals surface area contributed by atoms with Crippen LogP contribution in [-0.2, 0) is 17.8 Å². The fraction of sp³-hybridized carbons (Fsp3) is 0.240. The number of anilines is 1. The van der Waals surface area contributed by atoms with Crippen LogP contribution < -0.4 is 10.2 Å². The lowest BCUT2D eigenvalue weighted by Crippen LogP contribution is -2.28. The predicted molar refractivity (Wildman–Crippen MR) is 118 cm³/mol. The van der Waals surface area contributed by atoms with Crippen LogP contribution in [-0.4, -0.2) is 23.3 Å². The molecule has 0 bridgehead atoms. The minimum Gasteiger partial charge on any atom is -0.348 e. The number of carbonyl (C=O) groups is 2. The zero-order valence-electron chi connectivity index (χ0n) is 17.3. The van der Waals surface area contributed by atoms with Crippen molar-refractivity contribution in [1.82, 2.24) is 10.3 Å². The van der Waals surface area contributed by atoms with Gasteiger partial charge in [0, 0.05) is 43.2 Å². The average Bonchev–Trinajstić information content (AvgIpc) is 3.22. The van der Waals surface area contributed by atoms with Crippen molar-refractivity contribution in [2.24, 2.45) is 0 Å². The van der Waals surface area contributed by atoms with Crippen molar-refractivity contribution in [3.63, 3.8) is 0 Å². The van der Waals surface area contributed by atoms with Gasteiger partial charge in [0.2, 0.25) is 5.91 Å². The van der Waals surface area contributed by atoms with Crippen LogP contribution in [0, 0.1) is 6.92 Å². The molecule has 0 unspecified atom stereocenters. The van der Waals surface area contributed by atoms with Crippen molar-refractivity contribution >= 4 is 17.5 Å². The molecule has 1 N–H and O–H groups in total. The normalized spacial score (nSPS) is 12.5. The Hall–Kier alpha value is -3.47. The number of aromatic nitrogens is 1. The summed E-state index contributed by atoms with van der Waals surface area (Å²) in [6, 6.07) is 15.7. The first-order valence-electron chi connectivity index (χ1n) is 10.3. The summed E-state index contributed by atoms with van der Waals surface area (Å²) in [5.74, 6) is 0.0653. The minimum atomic E-state index is -0.107. The third-order valence-electron chi connectivity index (χ3n) is 5.51. The van der Waals surface area contributed by atoms with Gasteiger partial charge in [-0.25, -0.2) is 0 Å². The Bertz CT molecular complexity index is 1080. The second-order valence-corrected chi connectivity index (χ2v) is 7.57. The van der Waals surface area contributed by atoms with E-state index in [4.69, 9.17) is 0 Å². The van der Waals surface area contributed by atoms with Crippen molar-refractivity contribution in [2.75, 3.05) is 11.4 Å². The predicted octanol–water partition coefficient (Wildman–Crippen LogP) is 4.29. The molecule has 30 heavy (non-hydrogen) atoms. The van der Waals surface area contributed by atoms with Crippen LogP contribution in [0.3, 0.4) is 0 Å². The van der Waals surface area contributed by atoms with Crippen molar-refractivity contribution in [3.8, 4) is 11.1 Å². The minimum absolute atomic E-state index is 0.107. The number of nitrogens with one attached hydrogen (secondary N) is 1. The van der Waals surface area contributed by atoms with Gasteiger partial charge in [0.15, 0.2) is 0 Å². The fourth-order valence-electron chi connectivity index (χ4n) is 3.98. The third-order valence-corrected chi connectivity index (χ3v) is 5.51. The Labute approximate surface area is 176 Å². The summed E-state index contributed by atoms with van der Waals surface area (Å²) in [5.41, 5.74) is 7.15. The fourth-order valence-corrected chi connectivity index (χ4v) is 3.98. The third kappa shape index (κ3) is 3.96. The molecule has 152 valence electrons. The second-order valence-electron chi connectivity index (χ2n) is 7.57. The van der Waals surface area contributed by atoms with Crippen molar-refractivity contribution in [2.45, 2.75) is 33.2 Å². The molecule has 2 aromatic carbocycles. The zero-order valence-corrected chi connectivity index (χ0v) is 17.3. The lowest BCUT2D eigenvalue weighted by atomic mass is 9.97. The van der Waals surface area contributed by atoms with Crippen LogP contribution in [0.5, 0.6) is 0 Å². The summed E-state index contributed by atoms with van der Waals surface area (Å²) < 4.78 is 0. The quantitative estimate of drug-likeness (QED) is 0.696. The Morgan fingerprint density at radius 2 is 1.90 bits per heavy atom. The Morgan fingerprint density at radius 3 is 2.60 bits per heavy atom. The first-order chi connectivity index (χ1) is 14.6. The molecule has 0 saturated heterocycles. The van der Waals surface area contributed by atoms with E-state index < -0.39 is 0 Å². The van der Waals surface area contributed by atoms with Gasteiger partial charge in [-0.2, -0.15) is 0 Å². The number of aryl methyl sites for hydroxylation is 1. The van der Waals surface area contributed by atoms with Crippen LogP contribution in [0.15, 0.2) is 60.9 Å². The van der Waals surface area contributed by atoms with Crippen LogP contribution in [0.1, 0.15) is 40.4 Å². The molecule has 2 amide bonds. The molecule has 0 saturated carbocycles. The number of carbonyl (C=O) groups excluding carboxylic acids is 2. The first-order valence-corrected chi connectivity index (χ1v) is 10.3. The number of amides is 2. The van der Waals surface area contributed by atoms with Gasteiger partial charge in [-0.3, -0.25) is 14.6 Å². The lowest BCUT2D eigenvalue weighted by Gasteiger charge is -2.19. The number of hydrogen-bond acceptors (Lipinski definition) is 3. The summed E-state index contributed by atoms with van der Waals surface area (Å²) in [7, 11) is 0. The van der Waals surface area contributed by atoms with Gasteiger partial charge in [0.1, 0.15) is 0 Å². The molecule has 1 aromatic heterocycles. The van der Waals surface area contributed by atoms with E-state index in [0.717, 1.165) is 40.9 Å². The summed E-state index contributed by atoms with van der Waals surface area (Å²) in [5, 5.41) is 2.92. The summed E-state index contributed by atoms with van der Waals surface area (Å²) >= 11 is 0. The zero-order chi connectivity index (χ0) is 21.1. The standard InChI is InChI=1S/C25H25N3O2/c1-3-23(29)28-12-10-21-14-22(13-17(2)24(21)28)19-6-8-20(9-7-19)25(30)27-16-18-5-4-11-26-15-18/h4-9,11,13-15H,3,10,12,16H2,1-2H3,(H,27,30). The molecule has 5 heteroatoms. The van der Waals surface area contributed by atoms with Crippen molar-refractivity contribution in [1.29, 1.82) is 0 Å². The topological polar surface area (TPSA) is 62.3 Å². The molecule has 0 radical (unpaired) electrons. The van der Waals surface area contributed by atoms with E-state index in [1.807, 2.05) is 48.2 Å². The van der Waals surface area contributed by atoms with Gasteiger partial charge < -0.3 is 10.2 Å². The number of nitrogens with zero attached hydrogens (tertiary/aromatic N) is 2. The molecule has 0 aliphatic carbocycles. The molecule has 3 aromatic rings. The first kappa shape index (κ1) is 19.8. The van der Waals surface area contributed by atoms with Gasteiger partial charge in [-0.1, -0.05) is 25.1 Å². The number of hydrogen-bond donors (Lipinski definition) is 1. The Kier molecular flexibility index (Phi) is 5.61. The molecule has 1 aliphatic rings. The smallest absolute Gasteiger partial charge is 0.251 e. The van der Waals surface area contributed by atoms with E-state index in [9.17, 15) is 9.59 Å². The van der Waals surface area contributed by atoms with E-state index in [2.05, 4.69) is 29.4 Å². The number of pyridine rings is 1. The molecule has 2 heterocycles. The van der Waals surface area contributed by atoms with E-state index in [1.54, 1.807) is 12.4 Å². The van der Waals surface area contributed by atoms with Gasteiger partial charge in [0.25, 0.3) is 5.91 Å². The van der Waals surface area contributed by atoms with Crippen LogP contribution >= 0.6 is 0 Å². The molecule has 0 atom stereocenters. The molecule has 1 aliphatic heterocycles. The van der Waals surface area contributed by atoms with Crippen LogP contribution in [0.25, 0.3) is 11.1 Å². The highest BCUT2D eigenvalue weighted by Gasteiger charge is 2.25. The monoisotopic (exact) mass is 399 g/mol. The maximum absolute atomic E-state index is 12.4. The van der Waals surface area contributed by atoms with Crippen molar-refractivity contribution < 1.29 is 9.59 Å². The highest BCUT2D eigenvalue weighted by molar-refractivity contribution is 5.97. The summed E-state index contributed by atoms with van der Waals surface area (Å²) in [4.78, 5) is 30.6. The SMILES string of the molecule is CCC(=O)N1CCc2cc(-c3ccc(C(=O)NCc4cccnc4)cc3)cc(C)c21. The average molecular weight is 399 g/mol. The van der Waals surface area contributed by atoms with E-state index in [-0.39, 0.29) is 11.8 Å². The number of rotatable bonds is 5. The highest BCUT2D eigenvalue weighted by atomic mass is 16.2. The maximum atomic E-state index is 12.4. The van der Waals surface area contributed by atoms with Crippen molar-refractivity contribution in [3.05, 3.63) is 83.2 Å². The molecule has 0 spiro atoms. The Balaban J connectivity index is 1.50. The van der Waals surface area contributed by atoms with Crippen LogP contribution in [0.2, 0.25) is 0 Å². The summed E-state index contributed by atoms with van der Waals surface area (Å²) in [6.07, 6.45) is 4.86. The maximum Gasteiger partial charge on any atom is 0.251 e. The van der Waals surface area contributed by atoms with Gasteiger partial charge >= 0.3 is 0 Å². The molecule has 4 rings (SSSR count). The molecule has 0 fully saturated rings. The van der Waals surface area contributed by atoms with Crippen LogP contribution in [0.4, 0.5) is 5.69 Å². The lowest BCUT2D eigenvalue weighted by molar-refractivity contribution is -0.118. The molecular formula is C25H25N3O2. The van der Waals surface area contributed by atoms with E-state index in [0.29, 0.717) is 18.5 Å². The molecule has 5 nitrogen and oxygen atoms in total. The summed E-state index contributed by atoms with van der Waals surface area (Å²) in [6.45, 7) is 5.16. The van der Waals surface area contributed by atoms with Gasteiger partial charge in [0.05, 0.1) is 0 Å². The van der Waals surface area contributed by atoms with E-state index >= 15 is 0 Å². The number of benzene rings is 2. The number of fused-ring (bicyclic) bond motifs is 1.